The van der Waals surface area contributed by atoms with Crippen LogP contribution in [-0.2, 0) is 9.53 Å². The molecule has 11 atom stereocenters. The fraction of sp³-hybridized carbons (Fsp3) is 0.723. The number of aromatic nitrogens is 1. The van der Waals surface area contributed by atoms with Gasteiger partial charge in [-0.2, -0.15) is 5.26 Å². The molecular formula is C47H67N3O5. The van der Waals surface area contributed by atoms with Crippen LogP contribution in [0.25, 0.3) is 0 Å². The van der Waals surface area contributed by atoms with E-state index in [1.165, 1.54) is 55.2 Å². The van der Waals surface area contributed by atoms with Crippen LogP contribution in [0, 0.1) is 68.0 Å². The number of nitrogens with one attached hydrogen (secondary N) is 1. The zero-order valence-electron chi connectivity index (χ0n) is 34.7. The van der Waals surface area contributed by atoms with Crippen LogP contribution in [0.5, 0.6) is 5.88 Å². The van der Waals surface area contributed by atoms with E-state index < -0.39 is 17.5 Å². The Kier molecular flexibility index (Phi) is 10.6. The van der Waals surface area contributed by atoms with Crippen LogP contribution in [0.15, 0.2) is 53.8 Å². The summed E-state index contributed by atoms with van der Waals surface area (Å²) >= 11 is 0. The molecule has 3 N–H and O–H groups in total. The number of methoxy groups -OCH3 is 1. The van der Waals surface area contributed by atoms with Gasteiger partial charge in [0.2, 0.25) is 5.88 Å². The lowest BCUT2D eigenvalue weighted by atomic mass is 9.33. The molecule has 7 rings (SSSR count). The number of pyridine rings is 1. The molecule has 6 aliphatic carbocycles. The van der Waals surface area contributed by atoms with Crippen molar-refractivity contribution in [3.05, 3.63) is 59.3 Å². The number of β-amino-alcohol motifs (C(OH)–C–C–N with tert-alkyl or cyclic N) is 1. The number of aliphatic hydroxyl groups is 1. The molecule has 0 amide bonds. The Morgan fingerprint density at radius 3 is 2.49 bits per heavy atom. The summed E-state index contributed by atoms with van der Waals surface area (Å²) in [6.07, 6.45) is 18.2. The van der Waals surface area contributed by atoms with Crippen molar-refractivity contribution in [1.82, 2.24) is 10.3 Å². The predicted molar refractivity (Wildman–Crippen MR) is 215 cm³/mol. The Morgan fingerprint density at radius 1 is 1.04 bits per heavy atom. The number of nitrogens with zero attached hydrogens (tertiary/aromatic N) is 2. The molecule has 4 fully saturated rings. The Morgan fingerprint density at radius 2 is 1.82 bits per heavy atom. The molecule has 8 nitrogen and oxygen atoms in total. The summed E-state index contributed by atoms with van der Waals surface area (Å²) in [5.41, 5.74) is 3.99. The highest BCUT2D eigenvalue weighted by atomic mass is 16.5. The monoisotopic (exact) mass is 754 g/mol. The summed E-state index contributed by atoms with van der Waals surface area (Å²) in [5, 5.41) is 34.7. The average Bonchev–Trinajstić information content (AvgIpc) is 3.54. The smallest absolute Gasteiger partial charge is 0.313 e. The molecule has 1 heterocycles. The van der Waals surface area contributed by atoms with Crippen molar-refractivity contribution in [2.75, 3.05) is 26.9 Å². The van der Waals surface area contributed by atoms with Gasteiger partial charge in [-0.05, 0) is 159 Å². The molecule has 0 bridgehead atoms. The van der Waals surface area contributed by atoms with Gasteiger partial charge in [0, 0.05) is 25.4 Å². The molecule has 300 valence electrons. The first-order chi connectivity index (χ1) is 26.0. The maximum atomic E-state index is 12.8. The third-order valence-corrected chi connectivity index (χ3v) is 17.5. The minimum Gasteiger partial charge on any atom is -0.481 e. The molecule has 6 aliphatic rings. The van der Waals surface area contributed by atoms with Crippen molar-refractivity contribution in [2.45, 2.75) is 130 Å². The topological polar surface area (TPSA) is 125 Å². The Labute approximate surface area is 330 Å². The van der Waals surface area contributed by atoms with Crippen LogP contribution in [0.1, 0.15) is 124 Å². The lowest BCUT2D eigenvalue weighted by Crippen LogP contribution is -2.68. The second-order valence-corrected chi connectivity index (χ2v) is 20.2. The van der Waals surface area contributed by atoms with Crippen LogP contribution in [0.4, 0.5) is 0 Å². The summed E-state index contributed by atoms with van der Waals surface area (Å²) in [5.74, 6) is 2.19. The summed E-state index contributed by atoms with van der Waals surface area (Å²) < 4.78 is 11.2. The first kappa shape index (κ1) is 40.2. The summed E-state index contributed by atoms with van der Waals surface area (Å²) in [6, 6.07) is 5.43. The third-order valence-electron chi connectivity index (χ3n) is 17.5. The fourth-order valence-electron chi connectivity index (χ4n) is 14.5. The molecule has 1 unspecified atom stereocenters. The van der Waals surface area contributed by atoms with E-state index in [-0.39, 0.29) is 39.7 Å². The predicted octanol–water partition coefficient (Wildman–Crippen LogP) is 9.06. The van der Waals surface area contributed by atoms with Gasteiger partial charge in [-0.15, -0.1) is 0 Å². The first-order valence-corrected chi connectivity index (χ1v) is 21.2. The standard InChI is InChI=1S/C47H67N3O5/c1-30(2)34-15-22-47(50-27-33(51)28-54-8)24-23-44(6)36(39(34)47)11-12-38-43(5)18-16-35(42(3,4)37(43)17-19-45(38,44)7)31-13-20-46(21-14-31,41(52)53)29-55-40-32(26-48)10-9-25-49-40/h9-10,13,16,25,33-34,36-39,50-51H,1,11-12,14-15,17-24,27-29H2,2-8H3,(H,52,53)/t33?,34-,36+,37-,38+,39+,43-,44+,45+,46-,47-/m0/s1. The highest BCUT2D eigenvalue weighted by Gasteiger charge is 2.70. The van der Waals surface area contributed by atoms with E-state index in [4.69, 9.17) is 9.47 Å². The lowest BCUT2D eigenvalue weighted by molar-refractivity contribution is -0.221. The van der Waals surface area contributed by atoms with Gasteiger partial charge in [-0.1, -0.05) is 58.9 Å². The van der Waals surface area contributed by atoms with Gasteiger partial charge in [0.15, 0.2) is 0 Å². The van der Waals surface area contributed by atoms with Crippen LogP contribution < -0.4 is 10.1 Å². The number of allylic oxidation sites excluding steroid dienone is 5. The Bertz CT molecular complexity index is 1780. The van der Waals surface area contributed by atoms with Gasteiger partial charge in [-0.25, -0.2) is 4.98 Å². The van der Waals surface area contributed by atoms with E-state index in [9.17, 15) is 20.3 Å². The van der Waals surface area contributed by atoms with E-state index in [0.717, 1.165) is 19.3 Å². The molecule has 1 aromatic heterocycles. The van der Waals surface area contributed by atoms with Crippen molar-refractivity contribution >= 4 is 5.97 Å². The van der Waals surface area contributed by atoms with Crippen LogP contribution in [0.2, 0.25) is 0 Å². The number of nitriles is 1. The molecule has 1 aromatic rings. The van der Waals surface area contributed by atoms with Gasteiger partial charge < -0.3 is 25.0 Å². The molecule has 0 saturated heterocycles. The summed E-state index contributed by atoms with van der Waals surface area (Å²) in [6.45, 7) is 20.7. The second kappa shape index (κ2) is 14.4. The number of carboxylic acids is 1. The molecule has 0 radical (unpaired) electrons. The largest absolute Gasteiger partial charge is 0.481 e. The normalized spacial score (nSPS) is 40.9. The molecule has 0 spiro atoms. The summed E-state index contributed by atoms with van der Waals surface area (Å²) in [4.78, 5) is 17.0. The van der Waals surface area contributed by atoms with Gasteiger partial charge >= 0.3 is 5.97 Å². The van der Waals surface area contributed by atoms with E-state index in [1.54, 1.807) is 25.4 Å². The minimum atomic E-state index is -1.05. The van der Waals surface area contributed by atoms with Gasteiger partial charge in [0.05, 0.1) is 12.7 Å². The quantitative estimate of drug-likeness (QED) is 0.191. The van der Waals surface area contributed by atoms with Crippen LogP contribution in [-0.4, -0.2) is 59.7 Å². The van der Waals surface area contributed by atoms with E-state index in [1.807, 2.05) is 0 Å². The third kappa shape index (κ3) is 6.25. The molecule has 4 saturated carbocycles. The molecular weight excluding hydrogens is 687 g/mol. The number of ether oxygens (including phenoxy) is 2. The number of hydrogen-bond donors (Lipinski definition) is 3. The van der Waals surface area contributed by atoms with Crippen molar-refractivity contribution in [1.29, 1.82) is 5.26 Å². The fourth-order valence-corrected chi connectivity index (χ4v) is 14.5. The maximum Gasteiger partial charge on any atom is 0.313 e. The SMILES string of the molecule is C=C(C)[C@@H]1CC[C@]2(NCC(O)COC)CC[C@]3(C)[C@H](CC[C@@H]4[C@@]5(C)CC=C(C6=CC[C@](COc7ncccc7C#N)(C(=O)O)CC6)C(C)(C)[C@@H]5CC[C@]43C)[C@@H]12. The summed E-state index contributed by atoms with van der Waals surface area (Å²) in [7, 11) is 1.66. The number of aliphatic carboxylic acids is 1. The van der Waals surface area contributed by atoms with E-state index in [2.05, 4.69) is 76.6 Å². The van der Waals surface area contributed by atoms with E-state index in [0.29, 0.717) is 67.6 Å². The zero-order valence-corrected chi connectivity index (χ0v) is 34.7. The van der Waals surface area contributed by atoms with Crippen LogP contribution in [0.3, 0.4) is 0 Å². The number of aliphatic hydroxyl groups excluding tert-OH is 1. The van der Waals surface area contributed by atoms with Gasteiger partial charge in [0.1, 0.15) is 23.7 Å². The molecule has 55 heavy (non-hydrogen) atoms. The first-order valence-electron chi connectivity index (χ1n) is 21.2. The number of carboxylic acid groups (broad SMARTS) is 1. The molecule has 8 heteroatoms. The average molecular weight is 754 g/mol. The number of carbonyl (C=O) groups is 1. The number of rotatable bonds is 11. The minimum absolute atomic E-state index is 0.0120. The van der Waals surface area contributed by atoms with Crippen molar-refractivity contribution < 1.29 is 24.5 Å². The molecule has 0 aromatic carbocycles. The van der Waals surface area contributed by atoms with Crippen molar-refractivity contribution in [3.63, 3.8) is 0 Å². The Balaban J connectivity index is 1.13. The van der Waals surface area contributed by atoms with Crippen molar-refractivity contribution in [2.24, 2.45) is 56.7 Å². The number of hydrogen-bond acceptors (Lipinski definition) is 7. The Hall–Kier alpha value is -2.99. The highest BCUT2D eigenvalue weighted by Crippen LogP contribution is 2.76. The second-order valence-electron chi connectivity index (χ2n) is 20.2. The lowest BCUT2D eigenvalue weighted by Gasteiger charge is -2.72. The maximum absolute atomic E-state index is 12.8. The van der Waals surface area contributed by atoms with E-state index >= 15 is 0 Å². The number of fused-ring (bicyclic) bond motifs is 7. The molecule has 0 aliphatic heterocycles. The van der Waals surface area contributed by atoms with Crippen LogP contribution >= 0.6 is 0 Å². The highest BCUT2D eigenvalue weighted by molar-refractivity contribution is 5.75. The van der Waals surface area contributed by atoms with Crippen molar-refractivity contribution in [3.8, 4) is 11.9 Å². The zero-order chi connectivity index (χ0) is 39.6. The van der Waals surface area contributed by atoms with Gasteiger partial charge in [-0.3, -0.25) is 4.79 Å². The van der Waals surface area contributed by atoms with Gasteiger partial charge in [0.25, 0.3) is 0 Å².